The maximum Gasteiger partial charge on any atom is 0.336 e. The fourth-order valence-electron chi connectivity index (χ4n) is 3.11. The summed E-state index contributed by atoms with van der Waals surface area (Å²) in [5.41, 5.74) is 2.00. The fraction of sp³-hybridized carbons (Fsp3) is 0.200. The van der Waals surface area contributed by atoms with Crippen LogP contribution in [0.1, 0.15) is 30.4 Å². The van der Waals surface area contributed by atoms with Gasteiger partial charge in [-0.25, -0.2) is 4.79 Å². The predicted molar refractivity (Wildman–Crippen MR) is 97.5 cm³/mol. The lowest BCUT2D eigenvalue weighted by Gasteiger charge is -2.26. The number of rotatable bonds is 5. The van der Waals surface area contributed by atoms with Crippen LogP contribution in [0, 0.1) is 10.1 Å². The van der Waals surface area contributed by atoms with E-state index in [4.69, 9.17) is 4.74 Å². The van der Waals surface area contributed by atoms with E-state index in [2.05, 4.69) is 5.32 Å². The van der Waals surface area contributed by atoms with Crippen molar-refractivity contribution in [3.63, 3.8) is 0 Å². The van der Waals surface area contributed by atoms with Crippen molar-refractivity contribution in [2.75, 3.05) is 0 Å². The Morgan fingerprint density at radius 3 is 2.67 bits per heavy atom. The lowest BCUT2D eigenvalue weighted by atomic mass is 9.84. The van der Waals surface area contributed by atoms with Gasteiger partial charge in [0.2, 0.25) is 5.91 Å². The number of nitro benzene ring substituents is 1. The molecule has 0 radical (unpaired) electrons. The Morgan fingerprint density at radius 1 is 1.22 bits per heavy atom. The van der Waals surface area contributed by atoms with Crippen molar-refractivity contribution >= 4 is 17.6 Å². The van der Waals surface area contributed by atoms with Gasteiger partial charge in [-0.05, 0) is 18.1 Å². The molecule has 2 aromatic rings. The lowest BCUT2D eigenvalue weighted by molar-refractivity contribution is -0.384. The summed E-state index contributed by atoms with van der Waals surface area (Å²) >= 11 is 0. The molecule has 7 heteroatoms. The summed E-state index contributed by atoms with van der Waals surface area (Å²) in [5.74, 6) is -1.39. The standard InChI is InChI=1S/C20H18N2O5/c1-13-19(20(24)27-12-14-6-3-2-4-7-14)17(11-18(23)21-13)15-8-5-9-16(10-15)22(25)26/h2-10,17H,11-12H2,1H3,(H,21,23)/t17-/m1/s1. The van der Waals surface area contributed by atoms with Crippen LogP contribution in [0.4, 0.5) is 5.69 Å². The molecule has 1 amide bonds. The van der Waals surface area contributed by atoms with Crippen molar-refractivity contribution in [2.24, 2.45) is 0 Å². The number of benzene rings is 2. The Hall–Kier alpha value is -3.48. The van der Waals surface area contributed by atoms with Crippen molar-refractivity contribution in [2.45, 2.75) is 25.9 Å². The van der Waals surface area contributed by atoms with Gasteiger partial charge in [0.1, 0.15) is 6.61 Å². The number of ether oxygens (including phenoxy) is 1. The average molecular weight is 366 g/mol. The molecule has 0 aromatic heterocycles. The smallest absolute Gasteiger partial charge is 0.336 e. The lowest BCUT2D eigenvalue weighted by Crippen LogP contribution is -2.34. The Bertz CT molecular complexity index is 921. The van der Waals surface area contributed by atoms with Crippen molar-refractivity contribution in [1.29, 1.82) is 0 Å². The second-order valence-electron chi connectivity index (χ2n) is 6.26. The number of amides is 1. The van der Waals surface area contributed by atoms with Crippen molar-refractivity contribution in [1.82, 2.24) is 5.32 Å². The highest BCUT2D eigenvalue weighted by atomic mass is 16.6. The first-order chi connectivity index (χ1) is 13.0. The topological polar surface area (TPSA) is 98.5 Å². The minimum absolute atomic E-state index is 0.0221. The zero-order valence-corrected chi connectivity index (χ0v) is 14.7. The summed E-state index contributed by atoms with van der Waals surface area (Å²) in [6.45, 7) is 1.73. The molecule has 0 aliphatic carbocycles. The first kappa shape index (κ1) is 18.3. The third-order valence-electron chi connectivity index (χ3n) is 4.38. The van der Waals surface area contributed by atoms with E-state index in [0.717, 1.165) is 5.56 Å². The van der Waals surface area contributed by atoms with Gasteiger partial charge < -0.3 is 10.1 Å². The molecular weight excluding hydrogens is 348 g/mol. The van der Waals surface area contributed by atoms with Gasteiger partial charge in [-0.1, -0.05) is 42.5 Å². The Kier molecular flexibility index (Phi) is 5.30. The van der Waals surface area contributed by atoms with Crippen molar-refractivity contribution in [3.05, 3.63) is 87.1 Å². The van der Waals surface area contributed by atoms with Gasteiger partial charge in [-0.15, -0.1) is 0 Å². The summed E-state index contributed by atoms with van der Waals surface area (Å²) in [4.78, 5) is 35.3. The number of allylic oxidation sites excluding steroid dienone is 1. The van der Waals surface area contributed by atoms with Gasteiger partial charge in [0.05, 0.1) is 10.5 Å². The van der Waals surface area contributed by atoms with Crippen molar-refractivity contribution in [3.8, 4) is 0 Å². The Labute approximate surface area is 155 Å². The minimum Gasteiger partial charge on any atom is -0.457 e. The summed E-state index contributed by atoms with van der Waals surface area (Å²) in [5, 5.41) is 13.7. The van der Waals surface area contributed by atoms with Crippen LogP contribution >= 0.6 is 0 Å². The molecule has 3 rings (SSSR count). The van der Waals surface area contributed by atoms with E-state index in [1.807, 2.05) is 30.3 Å². The maximum absolute atomic E-state index is 12.7. The van der Waals surface area contributed by atoms with E-state index in [0.29, 0.717) is 16.8 Å². The van der Waals surface area contributed by atoms with Gasteiger partial charge in [-0.3, -0.25) is 14.9 Å². The van der Waals surface area contributed by atoms with E-state index in [1.54, 1.807) is 19.1 Å². The van der Waals surface area contributed by atoms with E-state index >= 15 is 0 Å². The van der Waals surface area contributed by atoms with Gasteiger partial charge >= 0.3 is 5.97 Å². The number of hydrogen-bond acceptors (Lipinski definition) is 5. The Morgan fingerprint density at radius 2 is 1.96 bits per heavy atom. The van der Waals surface area contributed by atoms with Crippen LogP contribution in [0.3, 0.4) is 0 Å². The monoisotopic (exact) mass is 366 g/mol. The first-order valence-corrected chi connectivity index (χ1v) is 8.41. The predicted octanol–water partition coefficient (Wildman–Crippen LogP) is 3.22. The highest BCUT2D eigenvalue weighted by Gasteiger charge is 2.33. The molecule has 0 spiro atoms. The molecular formula is C20H18N2O5. The minimum atomic E-state index is -0.595. The molecule has 2 aromatic carbocycles. The van der Waals surface area contributed by atoms with E-state index in [-0.39, 0.29) is 24.6 Å². The van der Waals surface area contributed by atoms with Gasteiger partial charge in [0, 0.05) is 30.2 Å². The number of hydrogen-bond donors (Lipinski definition) is 1. The van der Waals surface area contributed by atoms with Crippen molar-refractivity contribution < 1.29 is 19.2 Å². The highest BCUT2D eigenvalue weighted by Crippen LogP contribution is 2.35. The largest absolute Gasteiger partial charge is 0.457 e. The zero-order chi connectivity index (χ0) is 19.4. The average Bonchev–Trinajstić information content (AvgIpc) is 2.66. The number of carbonyl (C=O) groups is 2. The quantitative estimate of drug-likeness (QED) is 0.498. The SMILES string of the molecule is CC1=C(C(=O)OCc2ccccc2)[C@@H](c2cccc([N+](=O)[O-])c2)CC(=O)N1. The summed E-state index contributed by atoms with van der Waals surface area (Å²) < 4.78 is 5.42. The second-order valence-corrected chi connectivity index (χ2v) is 6.26. The van der Waals surface area contributed by atoms with Gasteiger partial charge in [0.25, 0.3) is 5.69 Å². The number of esters is 1. The van der Waals surface area contributed by atoms with Crippen LogP contribution < -0.4 is 5.32 Å². The second kappa shape index (κ2) is 7.82. The third kappa shape index (κ3) is 4.20. The molecule has 1 atom stereocenters. The molecule has 0 saturated heterocycles. The molecule has 1 aliphatic rings. The molecule has 0 fully saturated rings. The van der Waals surface area contributed by atoms with Gasteiger partial charge in [-0.2, -0.15) is 0 Å². The van der Waals surface area contributed by atoms with E-state index in [9.17, 15) is 19.7 Å². The number of nitrogens with zero attached hydrogens (tertiary/aromatic N) is 1. The van der Waals surface area contributed by atoms with Gasteiger partial charge in [0.15, 0.2) is 0 Å². The van der Waals surface area contributed by atoms with Crippen LogP contribution in [0.15, 0.2) is 65.9 Å². The van der Waals surface area contributed by atoms with E-state index in [1.165, 1.54) is 12.1 Å². The van der Waals surface area contributed by atoms with Crippen LogP contribution in [0.25, 0.3) is 0 Å². The molecule has 0 saturated carbocycles. The number of nitrogens with one attached hydrogen (secondary N) is 1. The summed E-state index contributed by atoms with van der Waals surface area (Å²) in [6, 6.07) is 15.2. The zero-order valence-electron chi connectivity index (χ0n) is 14.7. The molecule has 27 heavy (non-hydrogen) atoms. The highest BCUT2D eigenvalue weighted by molar-refractivity contribution is 5.95. The molecule has 138 valence electrons. The molecule has 0 bridgehead atoms. The molecule has 7 nitrogen and oxygen atoms in total. The van der Waals surface area contributed by atoms with Crippen LogP contribution in [0.5, 0.6) is 0 Å². The Balaban J connectivity index is 1.88. The summed E-state index contributed by atoms with van der Waals surface area (Å²) in [6.07, 6.45) is 0.0221. The normalized spacial score (nSPS) is 16.6. The number of nitro groups is 1. The fourth-order valence-corrected chi connectivity index (χ4v) is 3.11. The maximum atomic E-state index is 12.7. The number of non-ortho nitro benzene ring substituents is 1. The first-order valence-electron chi connectivity index (χ1n) is 8.41. The molecule has 1 heterocycles. The molecule has 1 N–H and O–H groups in total. The van der Waals surface area contributed by atoms with Crippen LogP contribution in [-0.2, 0) is 20.9 Å². The van der Waals surface area contributed by atoms with Crippen LogP contribution in [0.2, 0.25) is 0 Å². The molecule has 1 aliphatic heterocycles. The van der Waals surface area contributed by atoms with Crippen LogP contribution in [-0.4, -0.2) is 16.8 Å². The summed E-state index contributed by atoms with van der Waals surface area (Å²) in [7, 11) is 0. The molecule has 0 unspecified atom stereocenters. The van der Waals surface area contributed by atoms with E-state index < -0.39 is 16.8 Å². The number of carbonyl (C=O) groups excluding carboxylic acids is 2. The third-order valence-corrected chi connectivity index (χ3v) is 4.38.